The summed E-state index contributed by atoms with van der Waals surface area (Å²) >= 11 is 0. The monoisotopic (exact) mass is 353 g/mol. The maximum Gasteiger partial charge on any atom is 0.167 e. The fourth-order valence-corrected chi connectivity index (χ4v) is 3.83. The van der Waals surface area contributed by atoms with E-state index in [1.807, 2.05) is 24.3 Å². The summed E-state index contributed by atoms with van der Waals surface area (Å²) in [5.74, 6) is -0.156. The lowest BCUT2D eigenvalue weighted by Gasteiger charge is -2.36. The molecule has 2 heterocycles. The molecule has 0 saturated carbocycles. The molecule has 1 aliphatic rings. The Hall–Kier alpha value is -2.24. The van der Waals surface area contributed by atoms with Crippen LogP contribution >= 0.6 is 0 Å². The molecule has 3 aromatic rings. The van der Waals surface area contributed by atoms with Crippen LogP contribution in [0, 0.1) is 5.82 Å². The molecule has 0 N–H and O–H groups in total. The molecule has 136 valence electrons. The SMILES string of the molecule is CN(Cc1noc2ccccc12)C1CCN(Cc2cccc(F)c2)CC1. The van der Waals surface area contributed by atoms with Gasteiger partial charge in [-0.15, -0.1) is 0 Å². The molecule has 0 spiro atoms. The molecule has 4 nitrogen and oxygen atoms in total. The van der Waals surface area contributed by atoms with Gasteiger partial charge in [0.1, 0.15) is 11.5 Å². The zero-order valence-corrected chi connectivity index (χ0v) is 15.1. The quantitative estimate of drug-likeness (QED) is 0.692. The molecule has 1 saturated heterocycles. The van der Waals surface area contributed by atoms with Gasteiger partial charge in [0.05, 0.1) is 0 Å². The van der Waals surface area contributed by atoms with Crippen molar-refractivity contribution in [3.8, 4) is 0 Å². The van der Waals surface area contributed by atoms with E-state index in [-0.39, 0.29) is 5.82 Å². The Balaban J connectivity index is 1.32. The van der Waals surface area contributed by atoms with Crippen LogP contribution in [0.5, 0.6) is 0 Å². The van der Waals surface area contributed by atoms with Gasteiger partial charge in [-0.25, -0.2) is 4.39 Å². The first kappa shape index (κ1) is 17.2. The Bertz CT molecular complexity index is 870. The predicted molar refractivity (Wildman–Crippen MR) is 100 cm³/mol. The molecule has 0 atom stereocenters. The average Bonchev–Trinajstić information content (AvgIpc) is 3.05. The van der Waals surface area contributed by atoms with Gasteiger partial charge in [0.2, 0.25) is 0 Å². The first-order valence-corrected chi connectivity index (χ1v) is 9.19. The minimum Gasteiger partial charge on any atom is -0.356 e. The maximum atomic E-state index is 13.3. The van der Waals surface area contributed by atoms with Crippen molar-refractivity contribution in [3.63, 3.8) is 0 Å². The third kappa shape index (κ3) is 3.79. The van der Waals surface area contributed by atoms with Gasteiger partial charge in [0, 0.05) is 24.5 Å². The molecule has 26 heavy (non-hydrogen) atoms. The first-order chi connectivity index (χ1) is 12.7. The number of benzene rings is 2. The zero-order chi connectivity index (χ0) is 17.9. The highest BCUT2D eigenvalue weighted by atomic mass is 19.1. The van der Waals surface area contributed by atoms with E-state index in [4.69, 9.17) is 4.52 Å². The van der Waals surface area contributed by atoms with Crippen LogP contribution in [0.3, 0.4) is 0 Å². The van der Waals surface area contributed by atoms with Crippen molar-refractivity contribution in [3.05, 3.63) is 65.6 Å². The maximum absolute atomic E-state index is 13.3. The van der Waals surface area contributed by atoms with Gasteiger partial charge in [-0.2, -0.15) is 0 Å². The Morgan fingerprint density at radius 3 is 2.77 bits per heavy atom. The number of aromatic nitrogens is 1. The van der Waals surface area contributed by atoms with E-state index < -0.39 is 0 Å². The zero-order valence-electron chi connectivity index (χ0n) is 15.1. The number of halogens is 1. The van der Waals surface area contributed by atoms with Gasteiger partial charge in [-0.1, -0.05) is 29.4 Å². The minimum absolute atomic E-state index is 0.156. The summed E-state index contributed by atoms with van der Waals surface area (Å²) in [4.78, 5) is 4.79. The number of nitrogens with zero attached hydrogens (tertiary/aromatic N) is 3. The van der Waals surface area contributed by atoms with E-state index in [1.165, 1.54) is 6.07 Å². The first-order valence-electron chi connectivity index (χ1n) is 9.19. The second-order valence-electron chi connectivity index (χ2n) is 7.18. The molecule has 0 bridgehead atoms. The highest BCUT2D eigenvalue weighted by Gasteiger charge is 2.23. The van der Waals surface area contributed by atoms with Crippen molar-refractivity contribution < 1.29 is 8.91 Å². The van der Waals surface area contributed by atoms with Crippen LogP contribution in [0.4, 0.5) is 4.39 Å². The lowest BCUT2D eigenvalue weighted by atomic mass is 10.0. The predicted octanol–water partition coefficient (Wildman–Crippen LogP) is 4.06. The molecule has 4 rings (SSSR count). The van der Waals surface area contributed by atoms with E-state index in [0.717, 1.165) is 61.2 Å². The van der Waals surface area contributed by atoms with E-state index in [1.54, 1.807) is 12.1 Å². The smallest absolute Gasteiger partial charge is 0.167 e. The normalized spacial score (nSPS) is 16.6. The van der Waals surface area contributed by atoms with Crippen molar-refractivity contribution in [2.75, 3.05) is 20.1 Å². The number of hydrogen-bond donors (Lipinski definition) is 0. The van der Waals surface area contributed by atoms with Crippen LogP contribution in [0.1, 0.15) is 24.1 Å². The summed E-state index contributed by atoms with van der Waals surface area (Å²) in [7, 11) is 2.16. The Labute approximate surface area is 153 Å². The van der Waals surface area contributed by atoms with Crippen LogP contribution < -0.4 is 0 Å². The van der Waals surface area contributed by atoms with Crippen LogP contribution in [0.25, 0.3) is 11.0 Å². The molecule has 0 radical (unpaired) electrons. The molecule has 2 aromatic carbocycles. The highest BCUT2D eigenvalue weighted by Crippen LogP contribution is 2.23. The molecule has 1 aromatic heterocycles. The van der Waals surface area contributed by atoms with Gasteiger partial charge in [0.15, 0.2) is 5.58 Å². The Morgan fingerprint density at radius 2 is 1.96 bits per heavy atom. The number of para-hydroxylation sites is 1. The molecule has 5 heteroatoms. The number of piperidine rings is 1. The molecule has 0 unspecified atom stereocenters. The van der Waals surface area contributed by atoms with Gasteiger partial charge in [0.25, 0.3) is 0 Å². The second kappa shape index (κ2) is 7.56. The lowest BCUT2D eigenvalue weighted by Crippen LogP contribution is -2.42. The third-order valence-corrected chi connectivity index (χ3v) is 5.33. The summed E-state index contributed by atoms with van der Waals surface area (Å²) in [6.45, 7) is 3.68. The van der Waals surface area contributed by atoms with Crippen LogP contribution in [0.2, 0.25) is 0 Å². The standard InChI is InChI=1S/C21H24FN3O/c1-24(15-20-19-7-2-3-8-21(19)26-23-20)18-9-11-25(12-10-18)14-16-5-4-6-17(22)13-16/h2-8,13,18H,9-12,14-15H2,1H3. The summed E-state index contributed by atoms with van der Waals surface area (Å²) in [5.41, 5.74) is 2.90. The lowest BCUT2D eigenvalue weighted by molar-refractivity contribution is 0.118. The van der Waals surface area contributed by atoms with Gasteiger partial charge in [-0.05, 0) is 62.8 Å². The van der Waals surface area contributed by atoms with E-state index in [0.29, 0.717) is 6.04 Å². The minimum atomic E-state index is -0.156. The average molecular weight is 353 g/mol. The Kier molecular flexibility index (Phi) is 5.00. The van der Waals surface area contributed by atoms with Crippen molar-refractivity contribution in [2.45, 2.75) is 32.0 Å². The molecule has 1 aliphatic heterocycles. The van der Waals surface area contributed by atoms with Crippen molar-refractivity contribution in [2.24, 2.45) is 0 Å². The summed E-state index contributed by atoms with van der Waals surface area (Å²) in [5, 5.41) is 5.35. The number of hydrogen-bond acceptors (Lipinski definition) is 4. The Morgan fingerprint density at radius 1 is 1.15 bits per heavy atom. The fraction of sp³-hybridized carbons (Fsp3) is 0.381. The van der Waals surface area contributed by atoms with Crippen molar-refractivity contribution >= 4 is 11.0 Å². The number of likely N-dealkylation sites (tertiary alicyclic amines) is 1. The highest BCUT2D eigenvalue weighted by molar-refractivity contribution is 5.79. The molecule has 1 fully saturated rings. The summed E-state index contributed by atoms with van der Waals surface area (Å²) in [6, 6.07) is 15.5. The molecule has 0 aliphatic carbocycles. The van der Waals surface area contributed by atoms with Crippen molar-refractivity contribution in [1.29, 1.82) is 0 Å². The van der Waals surface area contributed by atoms with Gasteiger partial charge < -0.3 is 4.52 Å². The van der Waals surface area contributed by atoms with Gasteiger partial charge >= 0.3 is 0 Å². The topological polar surface area (TPSA) is 32.5 Å². The number of fused-ring (bicyclic) bond motifs is 1. The van der Waals surface area contributed by atoms with E-state index >= 15 is 0 Å². The summed E-state index contributed by atoms with van der Waals surface area (Å²) < 4.78 is 18.8. The molecular weight excluding hydrogens is 329 g/mol. The molecular formula is C21H24FN3O. The number of rotatable bonds is 5. The molecule has 0 amide bonds. The largest absolute Gasteiger partial charge is 0.356 e. The van der Waals surface area contributed by atoms with E-state index in [9.17, 15) is 4.39 Å². The third-order valence-electron chi connectivity index (χ3n) is 5.33. The van der Waals surface area contributed by atoms with E-state index in [2.05, 4.69) is 28.1 Å². The van der Waals surface area contributed by atoms with Crippen molar-refractivity contribution in [1.82, 2.24) is 15.0 Å². The fourth-order valence-electron chi connectivity index (χ4n) is 3.83. The van der Waals surface area contributed by atoms with Crippen LogP contribution in [-0.4, -0.2) is 41.1 Å². The summed E-state index contributed by atoms with van der Waals surface area (Å²) in [6.07, 6.45) is 2.23. The van der Waals surface area contributed by atoms with Crippen LogP contribution in [-0.2, 0) is 13.1 Å². The second-order valence-corrected chi connectivity index (χ2v) is 7.18. The van der Waals surface area contributed by atoms with Crippen LogP contribution in [0.15, 0.2) is 53.1 Å². The van der Waals surface area contributed by atoms with Gasteiger partial charge in [-0.3, -0.25) is 9.80 Å².